The molecule has 0 aliphatic rings. The van der Waals surface area contributed by atoms with Gasteiger partial charge in [0.15, 0.2) is 5.82 Å². The van der Waals surface area contributed by atoms with Crippen molar-refractivity contribution in [2.24, 2.45) is 0 Å². The first-order chi connectivity index (χ1) is 31.0. The third-order valence-corrected chi connectivity index (χ3v) is 11.4. The van der Waals surface area contributed by atoms with Crippen molar-refractivity contribution in [1.29, 1.82) is 21.0 Å². The molecule has 0 aliphatic heterocycles. The lowest BCUT2D eigenvalue weighted by Crippen LogP contribution is -2.03. The van der Waals surface area contributed by atoms with Crippen LogP contribution in [0, 0.1) is 45.3 Å². The Hall–Kier alpha value is -9.40. The first-order valence-corrected chi connectivity index (χ1v) is 20.2. The molecule has 290 valence electrons. The van der Waals surface area contributed by atoms with Crippen LogP contribution < -0.4 is 0 Å². The number of nitriles is 4. The summed E-state index contributed by atoms with van der Waals surface area (Å²) in [4.78, 5) is 10.3. The van der Waals surface area contributed by atoms with Gasteiger partial charge in [0.05, 0.1) is 74.6 Å². The van der Waals surface area contributed by atoms with Crippen LogP contribution in [0.3, 0.4) is 0 Å². The number of fused-ring (bicyclic) bond motifs is 3. The number of para-hydroxylation sites is 1. The van der Waals surface area contributed by atoms with Crippen LogP contribution in [0.4, 0.5) is 0 Å². The Morgan fingerprint density at radius 1 is 0.349 bits per heavy atom. The van der Waals surface area contributed by atoms with Crippen molar-refractivity contribution in [3.05, 3.63) is 210 Å². The number of hydrogen-bond acceptors (Lipinski definition) is 6. The molecule has 0 N–H and O–H groups in total. The van der Waals surface area contributed by atoms with Gasteiger partial charge in [0.2, 0.25) is 0 Å². The Morgan fingerprint density at radius 2 is 0.873 bits per heavy atom. The van der Waals surface area contributed by atoms with Crippen molar-refractivity contribution in [3.63, 3.8) is 0 Å². The van der Waals surface area contributed by atoms with Gasteiger partial charge in [-0.15, -0.1) is 0 Å². The summed E-state index contributed by atoms with van der Waals surface area (Å²) < 4.78 is 2.29. The predicted octanol–water partition coefficient (Wildman–Crippen LogP) is 13.1. The summed E-state index contributed by atoms with van der Waals surface area (Å²) in [6.07, 6.45) is 0. The van der Waals surface area contributed by atoms with E-state index in [9.17, 15) is 21.0 Å². The standard InChI is InChI=1S/C56H31N7/c57-32-36-15-20-39(21-16-36)48-29-44(52-31-51(41-9-3-1-4-10-41)61-56(62-52)42-11-5-2-6-12-42)30-49(40-22-17-37(33-58)18-23-40)55(48)63-53-14-8-7-13-47(53)50-28-43(24-26-54(50)63)46-25-19-38(34-59)27-45(46)35-60/h1-31H. The van der Waals surface area contributed by atoms with Gasteiger partial charge in [0.1, 0.15) is 0 Å². The highest BCUT2D eigenvalue weighted by Gasteiger charge is 2.23. The molecule has 0 atom stereocenters. The molecule has 0 aliphatic carbocycles. The summed E-state index contributed by atoms with van der Waals surface area (Å²) in [5, 5.41) is 41.4. The fourth-order valence-corrected chi connectivity index (χ4v) is 8.32. The molecular formula is C56H31N7. The van der Waals surface area contributed by atoms with Crippen molar-refractivity contribution in [1.82, 2.24) is 14.5 Å². The maximum absolute atomic E-state index is 10.1. The average Bonchev–Trinajstić information content (AvgIpc) is 3.69. The first-order valence-electron chi connectivity index (χ1n) is 20.2. The molecule has 7 nitrogen and oxygen atoms in total. The highest BCUT2D eigenvalue weighted by atomic mass is 15.0. The van der Waals surface area contributed by atoms with Crippen LogP contribution in [0.2, 0.25) is 0 Å². The minimum atomic E-state index is 0.425. The maximum Gasteiger partial charge on any atom is 0.160 e. The molecule has 10 aromatic rings. The van der Waals surface area contributed by atoms with Crippen LogP contribution >= 0.6 is 0 Å². The maximum atomic E-state index is 10.1. The molecule has 0 radical (unpaired) electrons. The van der Waals surface area contributed by atoms with Gasteiger partial charge >= 0.3 is 0 Å². The van der Waals surface area contributed by atoms with Gasteiger partial charge in [-0.2, -0.15) is 21.0 Å². The molecule has 63 heavy (non-hydrogen) atoms. The van der Waals surface area contributed by atoms with Crippen LogP contribution in [0.5, 0.6) is 0 Å². The fraction of sp³-hybridized carbons (Fsp3) is 0. The Balaban J connectivity index is 1.31. The van der Waals surface area contributed by atoms with Crippen LogP contribution in [-0.2, 0) is 0 Å². The normalized spacial score (nSPS) is 10.8. The monoisotopic (exact) mass is 801 g/mol. The van der Waals surface area contributed by atoms with E-state index in [0.717, 1.165) is 89.0 Å². The van der Waals surface area contributed by atoms with E-state index in [2.05, 4.69) is 65.2 Å². The predicted molar refractivity (Wildman–Crippen MR) is 248 cm³/mol. The molecule has 2 heterocycles. The van der Waals surface area contributed by atoms with Crippen LogP contribution in [0.15, 0.2) is 188 Å². The molecule has 8 aromatic carbocycles. The summed E-state index contributed by atoms with van der Waals surface area (Å²) in [5.74, 6) is 0.593. The third kappa shape index (κ3) is 6.91. The van der Waals surface area contributed by atoms with Crippen molar-refractivity contribution < 1.29 is 0 Å². The molecule has 0 saturated carbocycles. The summed E-state index contributed by atoms with van der Waals surface area (Å²) in [7, 11) is 0. The molecule has 7 heteroatoms. The van der Waals surface area contributed by atoms with Crippen molar-refractivity contribution >= 4 is 21.8 Å². The SMILES string of the molecule is N#Cc1ccc(-c2cc(-c3cc(-c4ccccc4)nc(-c4ccccc4)n3)cc(-c3ccc(C#N)cc3)c2-n2c3ccccc3c3cc(-c4ccc(C#N)cc4C#N)ccc32)cc1. The van der Waals surface area contributed by atoms with E-state index in [-0.39, 0.29) is 0 Å². The van der Waals surface area contributed by atoms with E-state index in [1.54, 1.807) is 12.1 Å². The lowest BCUT2D eigenvalue weighted by molar-refractivity contribution is 1.17. The number of rotatable bonds is 7. The van der Waals surface area contributed by atoms with Crippen molar-refractivity contribution in [2.45, 2.75) is 0 Å². The van der Waals surface area contributed by atoms with Gasteiger partial charge in [0.25, 0.3) is 0 Å². The first kappa shape index (κ1) is 37.8. The smallest absolute Gasteiger partial charge is 0.160 e. The van der Waals surface area contributed by atoms with E-state index < -0.39 is 0 Å². The zero-order valence-electron chi connectivity index (χ0n) is 33.5. The molecule has 10 rings (SSSR count). The number of hydrogen-bond donors (Lipinski definition) is 0. The minimum Gasteiger partial charge on any atom is -0.308 e. The Labute approximate surface area is 363 Å². The lowest BCUT2D eigenvalue weighted by Gasteiger charge is -2.21. The fourth-order valence-electron chi connectivity index (χ4n) is 8.32. The Kier molecular flexibility index (Phi) is 9.60. The zero-order valence-corrected chi connectivity index (χ0v) is 33.5. The van der Waals surface area contributed by atoms with E-state index in [1.807, 2.05) is 140 Å². The molecule has 2 aromatic heterocycles. The van der Waals surface area contributed by atoms with Gasteiger partial charge in [-0.05, 0) is 95.1 Å². The van der Waals surface area contributed by atoms with E-state index in [1.165, 1.54) is 0 Å². The topological polar surface area (TPSA) is 126 Å². The second-order valence-corrected chi connectivity index (χ2v) is 15.1. The minimum absolute atomic E-state index is 0.425. The highest BCUT2D eigenvalue weighted by Crippen LogP contribution is 2.45. The van der Waals surface area contributed by atoms with E-state index in [0.29, 0.717) is 28.1 Å². The summed E-state index contributed by atoms with van der Waals surface area (Å²) in [6, 6.07) is 70.4. The Bertz CT molecular complexity index is 3440. The third-order valence-electron chi connectivity index (χ3n) is 11.4. The van der Waals surface area contributed by atoms with Gasteiger partial charge in [-0.1, -0.05) is 115 Å². The van der Waals surface area contributed by atoms with Gasteiger partial charge in [0, 0.05) is 38.6 Å². The Morgan fingerprint density at radius 3 is 1.48 bits per heavy atom. The molecule has 0 bridgehead atoms. The van der Waals surface area contributed by atoms with Gasteiger partial charge in [-0.25, -0.2) is 9.97 Å². The second kappa shape index (κ2) is 16.0. The van der Waals surface area contributed by atoms with Crippen LogP contribution in [0.1, 0.15) is 22.3 Å². The van der Waals surface area contributed by atoms with Crippen LogP contribution in [-0.4, -0.2) is 14.5 Å². The van der Waals surface area contributed by atoms with Gasteiger partial charge in [-0.3, -0.25) is 0 Å². The highest BCUT2D eigenvalue weighted by molar-refractivity contribution is 6.12. The molecule has 0 saturated heterocycles. The van der Waals surface area contributed by atoms with Crippen molar-refractivity contribution in [2.75, 3.05) is 0 Å². The summed E-state index contributed by atoms with van der Waals surface area (Å²) >= 11 is 0. The van der Waals surface area contributed by atoms with Crippen molar-refractivity contribution in [3.8, 4) is 97.2 Å². The number of nitrogens with zero attached hydrogens (tertiary/aromatic N) is 7. The van der Waals surface area contributed by atoms with Crippen LogP contribution in [0.25, 0.3) is 94.8 Å². The largest absolute Gasteiger partial charge is 0.308 e. The average molecular weight is 802 g/mol. The molecule has 0 spiro atoms. The second-order valence-electron chi connectivity index (χ2n) is 15.1. The van der Waals surface area contributed by atoms with E-state index >= 15 is 0 Å². The summed E-state index contributed by atoms with van der Waals surface area (Å²) in [6.45, 7) is 0. The molecule has 0 unspecified atom stereocenters. The lowest BCUT2D eigenvalue weighted by atomic mass is 9.91. The number of aromatic nitrogens is 3. The van der Waals surface area contributed by atoms with E-state index in [4.69, 9.17) is 9.97 Å². The quantitative estimate of drug-likeness (QED) is 0.158. The molecule has 0 fully saturated rings. The van der Waals surface area contributed by atoms with Gasteiger partial charge < -0.3 is 4.57 Å². The number of benzene rings is 8. The summed E-state index contributed by atoms with van der Waals surface area (Å²) in [5.41, 5.74) is 14.1. The molecule has 0 amide bonds. The molecular weight excluding hydrogens is 771 g/mol. The zero-order chi connectivity index (χ0) is 42.9.